The fraction of sp³-hybridized carbons (Fsp3) is 0.444. The van der Waals surface area contributed by atoms with Crippen molar-refractivity contribution in [3.05, 3.63) is 48.0 Å². The number of fused-ring (bicyclic) bond motifs is 1. The predicted octanol–water partition coefficient (Wildman–Crippen LogP) is 3.76. The maximum absolute atomic E-state index is 6.09. The van der Waals surface area contributed by atoms with Crippen LogP contribution in [0.15, 0.2) is 42.5 Å². The fourth-order valence-electron chi connectivity index (χ4n) is 3.45. The van der Waals surface area contributed by atoms with Crippen molar-refractivity contribution in [1.29, 1.82) is 0 Å². The molecule has 0 spiro atoms. The van der Waals surface area contributed by atoms with Crippen molar-refractivity contribution >= 4 is 10.8 Å². The molecule has 2 aromatic carbocycles. The van der Waals surface area contributed by atoms with Gasteiger partial charge >= 0.3 is 0 Å². The molecule has 0 heterocycles. The van der Waals surface area contributed by atoms with E-state index in [1.807, 2.05) is 0 Å². The molecule has 3 N–H and O–H groups in total. The molecule has 0 saturated heterocycles. The number of nitrogens with one attached hydrogen (secondary N) is 1. The molecule has 3 atom stereocenters. The van der Waals surface area contributed by atoms with E-state index >= 15 is 0 Å². The second kappa shape index (κ2) is 5.94. The van der Waals surface area contributed by atoms with Crippen LogP contribution in [0.2, 0.25) is 0 Å². The Balaban J connectivity index is 1.80. The first-order chi connectivity index (χ1) is 9.74. The summed E-state index contributed by atoms with van der Waals surface area (Å²) in [5.41, 5.74) is 7.48. The molecule has 1 aliphatic carbocycles. The molecule has 106 valence electrons. The molecule has 20 heavy (non-hydrogen) atoms. The number of benzene rings is 2. The highest BCUT2D eigenvalue weighted by atomic mass is 15.0. The maximum Gasteiger partial charge on any atom is 0.0300 e. The molecule has 0 radical (unpaired) electrons. The van der Waals surface area contributed by atoms with Gasteiger partial charge in [0, 0.05) is 18.1 Å². The highest BCUT2D eigenvalue weighted by Crippen LogP contribution is 2.26. The topological polar surface area (TPSA) is 38.0 Å². The van der Waals surface area contributed by atoms with E-state index in [0.29, 0.717) is 18.1 Å². The van der Waals surface area contributed by atoms with Gasteiger partial charge in [0.25, 0.3) is 0 Å². The summed E-state index contributed by atoms with van der Waals surface area (Å²) in [6.45, 7) is 2.27. The minimum Gasteiger partial charge on any atom is -0.328 e. The molecular weight excluding hydrogens is 244 g/mol. The van der Waals surface area contributed by atoms with Crippen LogP contribution in [0.1, 0.15) is 44.2 Å². The monoisotopic (exact) mass is 268 g/mol. The van der Waals surface area contributed by atoms with Crippen molar-refractivity contribution in [2.75, 3.05) is 0 Å². The molecule has 0 aromatic heterocycles. The zero-order valence-electron chi connectivity index (χ0n) is 12.2. The molecule has 2 heteroatoms. The Labute approximate surface area is 121 Å². The summed E-state index contributed by atoms with van der Waals surface area (Å²) in [7, 11) is 0. The van der Waals surface area contributed by atoms with Crippen LogP contribution in [0.3, 0.4) is 0 Å². The summed E-state index contributed by atoms with van der Waals surface area (Å²) in [5.74, 6) is 0. The largest absolute Gasteiger partial charge is 0.328 e. The molecule has 1 fully saturated rings. The minimum absolute atomic E-state index is 0.372. The number of hydrogen-bond donors (Lipinski definition) is 2. The highest BCUT2D eigenvalue weighted by Gasteiger charge is 2.21. The normalized spacial score (nSPS) is 24.7. The van der Waals surface area contributed by atoms with Crippen molar-refractivity contribution in [2.24, 2.45) is 5.73 Å². The molecule has 0 aliphatic heterocycles. The number of nitrogens with two attached hydrogens (primary N) is 1. The molecule has 3 unspecified atom stereocenters. The van der Waals surface area contributed by atoms with Gasteiger partial charge in [-0.15, -0.1) is 0 Å². The van der Waals surface area contributed by atoms with E-state index in [4.69, 9.17) is 5.73 Å². The molecule has 2 aromatic rings. The van der Waals surface area contributed by atoms with Crippen LogP contribution < -0.4 is 11.1 Å². The Morgan fingerprint density at radius 2 is 1.90 bits per heavy atom. The van der Waals surface area contributed by atoms with Crippen LogP contribution in [-0.4, -0.2) is 12.1 Å². The zero-order chi connectivity index (χ0) is 13.9. The van der Waals surface area contributed by atoms with Crippen molar-refractivity contribution in [2.45, 2.75) is 50.7 Å². The third-order valence-electron chi connectivity index (χ3n) is 4.49. The maximum atomic E-state index is 6.09. The van der Waals surface area contributed by atoms with Crippen LogP contribution in [0.4, 0.5) is 0 Å². The lowest BCUT2D eigenvalue weighted by atomic mass is 9.90. The van der Waals surface area contributed by atoms with Gasteiger partial charge in [0.05, 0.1) is 0 Å². The molecule has 2 nitrogen and oxygen atoms in total. The lowest BCUT2D eigenvalue weighted by Gasteiger charge is -2.30. The summed E-state index contributed by atoms with van der Waals surface area (Å²) in [6, 6.07) is 16.5. The smallest absolute Gasteiger partial charge is 0.0300 e. The molecule has 0 bridgehead atoms. The predicted molar refractivity (Wildman–Crippen MR) is 85.7 cm³/mol. The van der Waals surface area contributed by atoms with Gasteiger partial charge in [-0.2, -0.15) is 0 Å². The van der Waals surface area contributed by atoms with Gasteiger partial charge in [0.15, 0.2) is 0 Å². The summed E-state index contributed by atoms with van der Waals surface area (Å²) in [4.78, 5) is 0. The lowest BCUT2D eigenvalue weighted by molar-refractivity contribution is 0.319. The van der Waals surface area contributed by atoms with Gasteiger partial charge < -0.3 is 11.1 Å². The second-order valence-electron chi connectivity index (χ2n) is 6.08. The van der Waals surface area contributed by atoms with Gasteiger partial charge in [-0.3, -0.25) is 0 Å². The second-order valence-corrected chi connectivity index (χ2v) is 6.08. The first-order valence-corrected chi connectivity index (χ1v) is 7.73. The summed E-state index contributed by atoms with van der Waals surface area (Å²) >= 11 is 0. The van der Waals surface area contributed by atoms with E-state index < -0.39 is 0 Å². The van der Waals surface area contributed by atoms with Crippen molar-refractivity contribution in [1.82, 2.24) is 5.32 Å². The van der Waals surface area contributed by atoms with E-state index in [9.17, 15) is 0 Å². The van der Waals surface area contributed by atoms with Crippen LogP contribution in [0.25, 0.3) is 10.8 Å². The van der Waals surface area contributed by atoms with Gasteiger partial charge in [-0.25, -0.2) is 0 Å². The number of hydrogen-bond acceptors (Lipinski definition) is 2. The van der Waals surface area contributed by atoms with E-state index in [1.165, 1.54) is 35.6 Å². The number of rotatable bonds is 3. The third kappa shape index (κ3) is 2.87. The van der Waals surface area contributed by atoms with Gasteiger partial charge in [0.1, 0.15) is 0 Å². The Morgan fingerprint density at radius 3 is 2.75 bits per heavy atom. The van der Waals surface area contributed by atoms with Crippen molar-refractivity contribution < 1.29 is 0 Å². The van der Waals surface area contributed by atoms with Gasteiger partial charge in [-0.1, -0.05) is 48.9 Å². The lowest BCUT2D eigenvalue weighted by Crippen LogP contribution is -2.40. The Bertz CT molecular complexity index is 573. The summed E-state index contributed by atoms with van der Waals surface area (Å²) in [5, 5.41) is 6.45. The highest BCUT2D eigenvalue weighted by molar-refractivity contribution is 5.86. The molecule has 1 saturated carbocycles. The fourth-order valence-corrected chi connectivity index (χ4v) is 3.45. The summed E-state index contributed by atoms with van der Waals surface area (Å²) in [6.07, 6.45) is 4.79. The average molecular weight is 268 g/mol. The zero-order valence-corrected chi connectivity index (χ0v) is 12.2. The standard InChI is InChI=1S/C18H24N2/c1-13(20-16-9-5-8-15(19)12-16)17-11-4-7-14-6-2-3-10-18(14)17/h2-4,6-7,10-11,13,15-16,20H,5,8-9,12,19H2,1H3. The SMILES string of the molecule is CC(NC1CCCC(N)C1)c1cccc2ccccc12. The van der Waals surface area contributed by atoms with Crippen molar-refractivity contribution in [3.8, 4) is 0 Å². The van der Waals surface area contributed by atoms with Crippen LogP contribution in [0.5, 0.6) is 0 Å². The Hall–Kier alpha value is -1.38. The van der Waals surface area contributed by atoms with E-state index in [2.05, 4.69) is 54.7 Å². The van der Waals surface area contributed by atoms with Crippen molar-refractivity contribution in [3.63, 3.8) is 0 Å². The molecule has 3 rings (SSSR count). The third-order valence-corrected chi connectivity index (χ3v) is 4.49. The van der Waals surface area contributed by atoms with E-state index in [-0.39, 0.29) is 0 Å². The molecule has 1 aliphatic rings. The van der Waals surface area contributed by atoms with Crippen LogP contribution in [-0.2, 0) is 0 Å². The van der Waals surface area contributed by atoms with Gasteiger partial charge in [-0.05, 0) is 42.5 Å². The molecular formula is C18H24N2. The quantitative estimate of drug-likeness (QED) is 0.889. The molecule has 0 amide bonds. The van der Waals surface area contributed by atoms with Crippen LogP contribution >= 0.6 is 0 Å². The van der Waals surface area contributed by atoms with Gasteiger partial charge in [0.2, 0.25) is 0 Å². The minimum atomic E-state index is 0.372. The summed E-state index contributed by atoms with van der Waals surface area (Å²) < 4.78 is 0. The first-order valence-electron chi connectivity index (χ1n) is 7.73. The van der Waals surface area contributed by atoms with E-state index in [0.717, 1.165) is 6.42 Å². The first kappa shape index (κ1) is 13.6. The van der Waals surface area contributed by atoms with E-state index in [1.54, 1.807) is 0 Å². The van der Waals surface area contributed by atoms with Crippen LogP contribution in [0, 0.1) is 0 Å². The average Bonchev–Trinajstić information content (AvgIpc) is 2.46. The Kier molecular flexibility index (Phi) is 4.04. The Morgan fingerprint density at radius 1 is 1.10 bits per heavy atom.